The lowest BCUT2D eigenvalue weighted by atomic mass is 10.1. The maximum Gasteiger partial charge on any atom is 0.306 e. The lowest BCUT2D eigenvalue weighted by Crippen LogP contribution is -2.43. The summed E-state index contributed by atoms with van der Waals surface area (Å²) in [7, 11) is -0.280. The highest BCUT2D eigenvalue weighted by molar-refractivity contribution is 6.74. The molecule has 0 spiro atoms. The van der Waals surface area contributed by atoms with Crippen LogP contribution in [0.3, 0.4) is 0 Å². The molecule has 4 heteroatoms. The van der Waals surface area contributed by atoms with Gasteiger partial charge in [0, 0.05) is 0 Å². The molecule has 1 rings (SSSR count). The molecule has 0 aromatic carbocycles. The molecule has 104 valence electrons. The molecule has 3 nitrogen and oxygen atoms in total. The number of carbonyl (C=O) groups excluding carboxylic acids is 1. The van der Waals surface area contributed by atoms with E-state index in [0.29, 0.717) is 6.42 Å². The van der Waals surface area contributed by atoms with Crippen molar-refractivity contribution in [3.63, 3.8) is 0 Å². The molecule has 1 aliphatic carbocycles. The zero-order valence-corrected chi connectivity index (χ0v) is 13.4. The fourth-order valence-corrected chi connectivity index (χ4v) is 3.11. The molecule has 1 aliphatic rings. The average Bonchev–Trinajstić information content (AvgIpc) is 2.62. The second-order valence-corrected chi connectivity index (χ2v) is 11.3. The zero-order valence-electron chi connectivity index (χ0n) is 12.4. The fraction of sp³-hybridized carbons (Fsp3) is 0.786. The molecule has 0 amide bonds. The normalized spacial score (nSPS) is 24.3. The minimum Gasteiger partial charge on any atom is -0.469 e. The largest absolute Gasteiger partial charge is 0.469 e. The van der Waals surface area contributed by atoms with Gasteiger partial charge in [-0.1, -0.05) is 32.9 Å². The van der Waals surface area contributed by atoms with Crippen molar-refractivity contribution in [2.75, 3.05) is 7.11 Å². The van der Waals surface area contributed by atoms with E-state index in [0.717, 1.165) is 6.42 Å². The summed E-state index contributed by atoms with van der Waals surface area (Å²) >= 11 is 0. The van der Waals surface area contributed by atoms with E-state index in [1.54, 1.807) is 0 Å². The summed E-state index contributed by atoms with van der Waals surface area (Å²) in [5.41, 5.74) is 0. The minimum atomic E-state index is -1.72. The summed E-state index contributed by atoms with van der Waals surface area (Å²) < 4.78 is 11.0. The summed E-state index contributed by atoms with van der Waals surface area (Å²) in [6.45, 7) is 11.2. The predicted octanol–water partition coefficient (Wildman–Crippen LogP) is 3.52. The van der Waals surface area contributed by atoms with E-state index in [2.05, 4.69) is 46.0 Å². The molecular formula is C14H26O3Si. The van der Waals surface area contributed by atoms with Gasteiger partial charge in [-0.05, 0) is 30.5 Å². The van der Waals surface area contributed by atoms with Crippen LogP contribution in [0.4, 0.5) is 0 Å². The van der Waals surface area contributed by atoms with Crippen LogP contribution < -0.4 is 0 Å². The Morgan fingerprint density at radius 3 is 2.44 bits per heavy atom. The monoisotopic (exact) mass is 270 g/mol. The fourth-order valence-electron chi connectivity index (χ4n) is 1.83. The Bertz CT molecular complexity index is 328. The van der Waals surface area contributed by atoms with Crippen molar-refractivity contribution in [3.8, 4) is 0 Å². The summed E-state index contributed by atoms with van der Waals surface area (Å²) in [5, 5.41) is 0.223. The van der Waals surface area contributed by atoms with Crippen LogP contribution in [-0.4, -0.2) is 27.5 Å². The second kappa shape index (κ2) is 5.57. The number of esters is 1. The van der Waals surface area contributed by atoms with Crippen molar-refractivity contribution in [1.29, 1.82) is 0 Å². The summed E-state index contributed by atoms with van der Waals surface area (Å²) in [6.07, 6.45) is 5.73. The Morgan fingerprint density at radius 1 is 1.33 bits per heavy atom. The number of rotatable bonds is 4. The van der Waals surface area contributed by atoms with E-state index < -0.39 is 8.32 Å². The van der Waals surface area contributed by atoms with Gasteiger partial charge in [0.25, 0.3) is 0 Å². The molecule has 0 radical (unpaired) electrons. The van der Waals surface area contributed by atoms with E-state index in [1.807, 2.05) is 0 Å². The molecule has 1 unspecified atom stereocenters. The first-order valence-corrected chi connectivity index (χ1v) is 9.49. The van der Waals surface area contributed by atoms with Gasteiger partial charge in [-0.15, -0.1) is 0 Å². The van der Waals surface area contributed by atoms with Crippen LogP contribution in [0, 0.1) is 5.92 Å². The number of methoxy groups -OCH3 is 1. The van der Waals surface area contributed by atoms with E-state index in [4.69, 9.17) is 9.16 Å². The topological polar surface area (TPSA) is 35.5 Å². The number of carbonyl (C=O) groups is 1. The molecule has 0 aliphatic heterocycles. The molecule has 0 aromatic heterocycles. The molecule has 0 N–H and O–H groups in total. The minimum absolute atomic E-state index is 0.141. The van der Waals surface area contributed by atoms with Crippen molar-refractivity contribution >= 4 is 14.3 Å². The van der Waals surface area contributed by atoms with Crippen molar-refractivity contribution in [2.45, 2.75) is 57.8 Å². The second-order valence-electron chi connectivity index (χ2n) is 6.58. The van der Waals surface area contributed by atoms with Gasteiger partial charge in [-0.25, -0.2) is 0 Å². The van der Waals surface area contributed by atoms with Crippen LogP contribution in [0.5, 0.6) is 0 Å². The molecule has 2 atom stereocenters. The third kappa shape index (κ3) is 3.95. The Kier molecular flexibility index (Phi) is 4.78. The van der Waals surface area contributed by atoms with Crippen LogP contribution in [0.25, 0.3) is 0 Å². The molecule has 0 heterocycles. The first-order chi connectivity index (χ1) is 8.15. The van der Waals surface area contributed by atoms with Gasteiger partial charge in [0.1, 0.15) is 0 Å². The van der Waals surface area contributed by atoms with Crippen LogP contribution in [0.15, 0.2) is 12.2 Å². The van der Waals surface area contributed by atoms with Gasteiger partial charge < -0.3 is 9.16 Å². The summed E-state index contributed by atoms with van der Waals surface area (Å²) in [6, 6.07) is 0. The van der Waals surface area contributed by atoms with Crippen LogP contribution in [-0.2, 0) is 14.0 Å². The van der Waals surface area contributed by atoms with Gasteiger partial charge >= 0.3 is 5.97 Å². The standard InChI is InChI=1S/C14H26O3Si/c1-14(2,3)18(5,6)17-12-8-7-11(9-12)10-13(15)16-4/h7-8,11-12H,9-10H2,1-6H3/t11-,12?/m0/s1. The number of allylic oxidation sites excluding steroid dienone is 1. The molecule has 0 saturated carbocycles. The summed E-state index contributed by atoms with van der Waals surface area (Å²) in [5.74, 6) is 0.129. The van der Waals surface area contributed by atoms with Gasteiger partial charge in [-0.2, -0.15) is 0 Å². The highest BCUT2D eigenvalue weighted by atomic mass is 28.4. The third-order valence-corrected chi connectivity index (χ3v) is 8.55. The highest BCUT2D eigenvalue weighted by Gasteiger charge is 2.39. The maximum atomic E-state index is 11.2. The Hall–Kier alpha value is -0.613. The van der Waals surface area contributed by atoms with Gasteiger partial charge in [0.05, 0.1) is 19.6 Å². The first-order valence-electron chi connectivity index (χ1n) is 6.58. The quantitative estimate of drug-likeness (QED) is 0.445. The van der Waals surface area contributed by atoms with Crippen molar-refractivity contribution in [2.24, 2.45) is 5.92 Å². The SMILES string of the molecule is COC(=O)C[C@H]1C=CC(O[Si](C)(C)C(C)(C)C)C1. The number of hydrogen-bond acceptors (Lipinski definition) is 3. The van der Waals surface area contributed by atoms with Crippen molar-refractivity contribution < 1.29 is 14.0 Å². The van der Waals surface area contributed by atoms with E-state index >= 15 is 0 Å². The average molecular weight is 270 g/mol. The smallest absolute Gasteiger partial charge is 0.306 e. The summed E-state index contributed by atoms with van der Waals surface area (Å²) in [4.78, 5) is 11.2. The van der Waals surface area contributed by atoms with Crippen molar-refractivity contribution in [3.05, 3.63) is 12.2 Å². The van der Waals surface area contributed by atoms with E-state index in [1.165, 1.54) is 7.11 Å². The van der Waals surface area contributed by atoms with E-state index in [-0.39, 0.29) is 23.0 Å². The lowest BCUT2D eigenvalue weighted by molar-refractivity contribution is -0.141. The van der Waals surface area contributed by atoms with Crippen molar-refractivity contribution in [1.82, 2.24) is 0 Å². The third-order valence-electron chi connectivity index (χ3n) is 4.04. The number of ether oxygens (including phenoxy) is 1. The van der Waals surface area contributed by atoms with Crippen LogP contribution in [0.1, 0.15) is 33.6 Å². The van der Waals surface area contributed by atoms with Crippen LogP contribution in [0.2, 0.25) is 18.1 Å². The highest BCUT2D eigenvalue weighted by Crippen LogP contribution is 2.39. The molecule has 0 fully saturated rings. The maximum absolute atomic E-state index is 11.2. The lowest BCUT2D eigenvalue weighted by Gasteiger charge is -2.38. The van der Waals surface area contributed by atoms with Gasteiger partial charge in [0.2, 0.25) is 0 Å². The Balaban J connectivity index is 2.49. The Labute approximate surface area is 112 Å². The van der Waals surface area contributed by atoms with Gasteiger partial charge in [0.15, 0.2) is 8.32 Å². The van der Waals surface area contributed by atoms with Gasteiger partial charge in [-0.3, -0.25) is 4.79 Å². The molecular weight excluding hydrogens is 244 g/mol. The van der Waals surface area contributed by atoms with E-state index in [9.17, 15) is 4.79 Å². The molecule has 0 saturated heterocycles. The predicted molar refractivity (Wildman–Crippen MR) is 76.0 cm³/mol. The Morgan fingerprint density at radius 2 is 1.94 bits per heavy atom. The zero-order chi connectivity index (χ0) is 14.0. The van der Waals surface area contributed by atoms with Crippen LogP contribution >= 0.6 is 0 Å². The molecule has 0 bridgehead atoms. The molecule has 0 aromatic rings. The first kappa shape index (κ1) is 15.4. The molecule has 18 heavy (non-hydrogen) atoms. The number of hydrogen-bond donors (Lipinski definition) is 0.